The number of rotatable bonds is 6. The third-order valence-electron chi connectivity index (χ3n) is 5.22. The van der Waals surface area contributed by atoms with Gasteiger partial charge in [0.15, 0.2) is 15.6 Å². The molecule has 0 N–H and O–H groups in total. The highest BCUT2D eigenvalue weighted by Gasteiger charge is 2.48. The van der Waals surface area contributed by atoms with Crippen LogP contribution in [0.25, 0.3) is 0 Å². The van der Waals surface area contributed by atoms with Crippen LogP contribution in [0.2, 0.25) is 13.1 Å². The van der Waals surface area contributed by atoms with Gasteiger partial charge < -0.3 is 9.47 Å². The Labute approximate surface area is 157 Å². The van der Waals surface area contributed by atoms with E-state index in [1.54, 1.807) is 24.3 Å². The average Bonchev–Trinajstić information content (AvgIpc) is 3.08. The van der Waals surface area contributed by atoms with Gasteiger partial charge >= 0.3 is 0 Å². The highest BCUT2D eigenvalue weighted by atomic mass is 32.2. The standard InChI is InChI=1S/C20H26O4SSi/c1-20(23-14-15-24-20)16-19(25(21,22)17-10-6-4-7-11-17)26(2,3)18-12-8-5-9-13-18/h4-13,19H,14-16H2,1-3H3. The Balaban J connectivity index is 2.07. The Morgan fingerprint density at radius 2 is 1.46 bits per heavy atom. The normalized spacial score (nSPS) is 18.6. The lowest BCUT2D eigenvalue weighted by atomic mass is 10.2. The van der Waals surface area contributed by atoms with Crippen molar-refractivity contribution in [3.63, 3.8) is 0 Å². The van der Waals surface area contributed by atoms with E-state index in [0.29, 0.717) is 24.5 Å². The monoisotopic (exact) mass is 390 g/mol. The molecule has 1 aliphatic heterocycles. The third kappa shape index (κ3) is 3.78. The molecule has 26 heavy (non-hydrogen) atoms. The topological polar surface area (TPSA) is 52.6 Å². The summed E-state index contributed by atoms with van der Waals surface area (Å²) in [5, 5.41) is 1.12. The summed E-state index contributed by atoms with van der Waals surface area (Å²) in [6, 6.07) is 18.7. The Kier molecular flexibility index (Phi) is 5.39. The Bertz CT molecular complexity index is 829. The fourth-order valence-electron chi connectivity index (χ4n) is 3.59. The van der Waals surface area contributed by atoms with Crippen molar-refractivity contribution >= 4 is 23.1 Å². The largest absolute Gasteiger partial charge is 0.348 e. The second-order valence-electron chi connectivity index (χ2n) is 7.47. The van der Waals surface area contributed by atoms with Crippen molar-refractivity contribution in [3.05, 3.63) is 60.7 Å². The lowest BCUT2D eigenvalue weighted by Gasteiger charge is -2.37. The van der Waals surface area contributed by atoms with Crippen LogP contribution < -0.4 is 5.19 Å². The van der Waals surface area contributed by atoms with Gasteiger partial charge in [0.2, 0.25) is 0 Å². The number of ether oxygens (including phenoxy) is 2. The molecular formula is C20H26O4SSi. The van der Waals surface area contributed by atoms with E-state index in [1.807, 2.05) is 43.3 Å². The van der Waals surface area contributed by atoms with Crippen molar-refractivity contribution in [3.8, 4) is 0 Å². The first-order valence-corrected chi connectivity index (χ1v) is 13.5. The quantitative estimate of drug-likeness (QED) is 0.711. The Morgan fingerprint density at radius 3 is 2.00 bits per heavy atom. The lowest BCUT2D eigenvalue weighted by Crippen LogP contribution is -2.58. The first-order chi connectivity index (χ1) is 12.3. The molecule has 1 fully saturated rings. The summed E-state index contributed by atoms with van der Waals surface area (Å²) in [7, 11) is -5.92. The minimum atomic E-state index is -3.53. The van der Waals surface area contributed by atoms with Crippen molar-refractivity contribution in [2.45, 2.75) is 42.0 Å². The molecule has 3 rings (SSSR count). The molecule has 0 aromatic heterocycles. The van der Waals surface area contributed by atoms with Gasteiger partial charge in [-0.2, -0.15) is 0 Å². The molecule has 0 aliphatic carbocycles. The molecule has 1 unspecified atom stereocenters. The molecule has 2 aromatic carbocycles. The second kappa shape index (κ2) is 7.27. The van der Waals surface area contributed by atoms with E-state index >= 15 is 0 Å². The van der Waals surface area contributed by atoms with E-state index < -0.39 is 28.6 Å². The summed E-state index contributed by atoms with van der Waals surface area (Å²) in [4.78, 5) is -0.189. The number of hydrogen-bond acceptors (Lipinski definition) is 4. The van der Waals surface area contributed by atoms with Crippen LogP contribution in [0.15, 0.2) is 65.6 Å². The van der Waals surface area contributed by atoms with Crippen LogP contribution in [0, 0.1) is 0 Å². The molecule has 0 spiro atoms. The highest BCUT2D eigenvalue weighted by molar-refractivity contribution is 7.94. The minimum absolute atomic E-state index is 0.332. The van der Waals surface area contributed by atoms with Crippen molar-refractivity contribution in [1.82, 2.24) is 0 Å². The zero-order chi connectivity index (χ0) is 18.8. The summed E-state index contributed by atoms with van der Waals surface area (Å²) < 4.78 is 38.7. The number of hydrogen-bond donors (Lipinski definition) is 0. The van der Waals surface area contributed by atoms with Crippen LogP contribution in [0.5, 0.6) is 0 Å². The smallest absolute Gasteiger partial charge is 0.179 e. The van der Waals surface area contributed by atoms with E-state index in [1.165, 1.54) is 0 Å². The van der Waals surface area contributed by atoms with Gasteiger partial charge in [0.05, 0.1) is 23.0 Å². The molecule has 140 valence electrons. The maximum absolute atomic E-state index is 13.6. The summed E-state index contributed by atoms with van der Waals surface area (Å²) in [5.41, 5.74) is 0. The third-order valence-corrected chi connectivity index (χ3v) is 13.4. The molecule has 6 heteroatoms. The highest BCUT2D eigenvalue weighted by Crippen LogP contribution is 2.34. The molecular weight excluding hydrogens is 364 g/mol. The fourth-order valence-corrected chi connectivity index (χ4v) is 11.2. The molecule has 0 amide bonds. The lowest BCUT2D eigenvalue weighted by molar-refractivity contribution is -0.144. The summed E-state index contributed by atoms with van der Waals surface area (Å²) in [6.45, 7) is 7.09. The molecule has 1 heterocycles. The van der Waals surface area contributed by atoms with E-state index in [4.69, 9.17) is 9.47 Å². The van der Waals surface area contributed by atoms with Crippen molar-refractivity contribution in [1.29, 1.82) is 0 Å². The Morgan fingerprint density at radius 1 is 0.962 bits per heavy atom. The maximum atomic E-state index is 13.6. The van der Waals surface area contributed by atoms with Gasteiger partial charge in [-0.15, -0.1) is 0 Å². The fraction of sp³-hybridized carbons (Fsp3) is 0.400. The molecule has 1 aliphatic rings. The molecule has 1 saturated heterocycles. The molecule has 0 radical (unpaired) electrons. The van der Waals surface area contributed by atoms with Crippen molar-refractivity contribution in [2.75, 3.05) is 13.2 Å². The van der Waals surface area contributed by atoms with Gasteiger partial charge in [-0.25, -0.2) is 8.42 Å². The van der Waals surface area contributed by atoms with Gasteiger partial charge in [-0.1, -0.05) is 66.8 Å². The number of sulfone groups is 1. The molecule has 0 saturated carbocycles. The first-order valence-electron chi connectivity index (χ1n) is 8.88. The Hall–Kier alpha value is -1.47. The predicted molar refractivity (Wildman–Crippen MR) is 106 cm³/mol. The van der Waals surface area contributed by atoms with Crippen molar-refractivity contribution in [2.24, 2.45) is 0 Å². The van der Waals surface area contributed by atoms with Gasteiger partial charge in [0.1, 0.15) is 8.07 Å². The first kappa shape index (κ1) is 19.3. The molecule has 4 nitrogen and oxygen atoms in total. The van der Waals surface area contributed by atoms with Gasteiger partial charge in [0, 0.05) is 6.42 Å². The van der Waals surface area contributed by atoms with E-state index in [0.717, 1.165) is 5.19 Å². The maximum Gasteiger partial charge on any atom is 0.179 e. The van der Waals surface area contributed by atoms with Gasteiger partial charge in [0.25, 0.3) is 0 Å². The van der Waals surface area contributed by atoms with E-state index in [-0.39, 0.29) is 0 Å². The minimum Gasteiger partial charge on any atom is -0.348 e. The van der Waals surface area contributed by atoms with Crippen LogP contribution >= 0.6 is 0 Å². The average molecular weight is 391 g/mol. The van der Waals surface area contributed by atoms with Gasteiger partial charge in [-0.05, 0) is 19.1 Å². The number of benzene rings is 2. The molecule has 1 atom stereocenters. The van der Waals surface area contributed by atoms with E-state index in [9.17, 15) is 8.42 Å². The zero-order valence-electron chi connectivity index (χ0n) is 15.5. The van der Waals surface area contributed by atoms with Crippen molar-refractivity contribution < 1.29 is 17.9 Å². The van der Waals surface area contributed by atoms with Gasteiger partial charge in [-0.3, -0.25) is 0 Å². The predicted octanol–water partition coefficient (Wildman–Crippen LogP) is 3.14. The summed E-state index contributed by atoms with van der Waals surface area (Å²) in [5.74, 6) is -0.856. The SMILES string of the molecule is CC1(CC([Si](C)(C)c2ccccc2)S(=O)(=O)c2ccccc2)OCCO1. The second-order valence-corrected chi connectivity index (χ2v) is 14.7. The molecule has 0 bridgehead atoms. The van der Waals surface area contributed by atoms with Crippen LogP contribution in [-0.2, 0) is 19.3 Å². The summed E-state index contributed by atoms with van der Waals surface area (Å²) in [6.07, 6.45) is 0.332. The summed E-state index contributed by atoms with van der Waals surface area (Å²) >= 11 is 0. The van der Waals surface area contributed by atoms with E-state index in [2.05, 4.69) is 13.1 Å². The van der Waals surface area contributed by atoms with Crippen LogP contribution in [0.4, 0.5) is 0 Å². The van der Waals surface area contributed by atoms with Crippen LogP contribution in [0.1, 0.15) is 13.3 Å². The molecule has 2 aromatic rings. The van der Waals surface area contributed by atoms with Crippen LogP contribution in [0.3, 0.4) is 0 Å². The van der Waals surface area contributed by atoms with Crippen LogP contribution in [-0.4, -0.2) is 40.4 Å². The zero-order valence-corrected chi connectivity index (χ0v) is 17.3.